The quantitative estimate of drug-likeness (QED) is 0.654. The van der Waals surface area contributed by atoms with Crippen LogP contribution in [0.25, 0.3) is 11.0 Å². The van der Waals surface area contributed by atoms with Crippen molar-refractivity contribution in [1.29, 1.82) is 0 Å². The number of fused-ring (bicyclic) bond motifs is 1. The number of rotatable bonds is 3. The van der Waals surface area contributed by atoms with Gasteiger partial charge in [0.2, 0.25) is 5.95 Å². The zero-order valence-corrected chi connectivity index (χ0v) is 16.5. The van der Waals surface area contributed by atoms with Crippen LogP contribution in [0.2, 0.25) is 0 Å². The molecule has 0 aliphatic carbocycles. The van der Waals surface area contributed by atoms with Crippen molar-refractivity contribution in [3.63, 3.8) is 0 Å². The maximum atomic E-state index is 4.86. The molecule has 0 saturated carbocycles. The van der Waals surface area contributed by atoms with Crippen molar-refractivity contribution < 1.29 is 0 Å². The molecule has 0 unspecified atom stereocenters. The number of anilines is 2. The van der Waals surface area contributed by atoms with Gasteiger partial charge in [-0.25, -0.2) is 19.9 Å². The molecular weight excluding hydrogens is 392 g/mol. The summed E-state index contributed by atoms with van der Waals surface area (Å²) in [4.78, 5) is 22.9. The van der Waals surface area contributed by atoms with E-state index in [4.69, 9.17) is 9.97 Å². The molecule has 3 aromatic rings. The van der Waals surface area contributed by atoms with E-state index in [1.54, 1.807) is 12.4 Å². The van der Waals surface area contributed by atoms with Gasteiger partial charge >= 0.3 is 0 Å². The van der Waals surface area contributed by atoms with Crippen LogP contribution in [0.3, 0.4) is 0 Å². The molecule has 1 aliphatic heterocycles. The summed E-state index contributed by atoms with van der Waals surface area (Å²) < 4.78 is 0.898. The Balaban J connectivity index is 1.48. The largest absolute Gasteiger partial charge is 0.355 e. The third-order valence-electron chi connectivity index (χ3n) is 4.95. The van der Waals surface area contributed by atoms with Crippen molar-refractivity contribution in [2.45, 2.75) is 25.8 Å². The molecule has 26 heavy (non-hydrogen) atoms. The van der Waals surface area contributed by atoms with E-state index in [1.807, 2.05) is 31.2 Å². The van der Waals surface area contributed by atoms with E-state index in [2.05, 4.69) is 42.7 Å². The second-order valence-corrected chi connectivity index (χ2v) is 7.57. The zero-order valence-electron chi connectivity index (χ0n) is 14.9. The second kappa shape index (κ2) is 7.15. The Morgan fingerprint density at radius 2 is 1.65 bits per heavy atom. The fourth-order valence-electron chi connectivity index (χ4n) is 3.49. The molecule has 0 N–H and O–H groups in total. The molecule has 1 aliphatic rings. The van der Waals surface area contributed by atoms with Crippen molar-refractivity contribution >= 4 is 38.7 Å². The lowest BCUT2D eigenvalue weighted by atomic mass is 10.0. The molecule has 3 heterocycles. The summed E-state index contributed by atoms with van der Waals surface area (Å²) in [5, 5.41) is 0. The molecule has 0 amide bonds. The van der Waals surface area contributed by atoms with Crippen LogP contribution >= 0.6 is 15.9 Å². The minimum absolute atomic E-state index is 0.432. The molecule has 1 aromatic carbocycles. The number of aryl methyl sites for hydroxylation is 1. The fourth-order valence-corrected chi connectivity index (χ4v) is 3.70. The first-order valence-electron chi connectivity index (χ1n) is 8.80. The normalized spacial score (nSPS) is 15.4. The Hall–Kier alpha value is -2.28. The fraction of sp³-hybridized carbons (Fsp3) is 0.368. The van der Waals surface area contributed by atoms with Crippen molar-refractivity contribution in [3.05, 3.63) is 46.8 Å². The number of piperidine rings is 1. The summed E-state index contributed by atoms with van der Waals surface area (Å²) in [6, 6.07) is 8.48. The van der Waals surface area contributed by atoms with Crippen molar-refractivity contribution in [3.8, 4) is 0 Å². The molecule has 0 spiro atoms. The van der Waals surface area contributed by atoms with Gasteiger partial charge in [0, 0.05) is 38.6 Å². The van der Waals surface area contributed by atoms with Crippen molar-refractivity contribution in [2.24, 2.45) is 0 Å². The van der Waals surface area contributed by atoms with Crippen LogP contribution in [0.5, 0.6) is 0 Å². The number of halogens is 1. The smallest absolute Gasteiger partial charge is 0.225 e. The number of nitrogens with zero attached hydrogens (tertiary/aromatic N) is 6. The lowest BCUT2D eigenvalue weighted by Gasteiger charge is -2.37. The van der Waals surface area contributed by atoms with E-state index < -0.39 is 0 Å². The minimum Gasteiger partial charge on any atom is -0.355 e. The van der Waals surface area contributed by atoms with Crippen molar-refractivity contribution in [1.82, 2.24) is 19.9 Å². The molecule has 1 saturated heterocycles. The summed E-state index contributed by atoms with van der Waals surface area (Å²) >= 11 is 3.39. The lowest BCUT2D eigenvalue weighted by molar-refractivity contribution is 0.475. The minimum atomic E-state index is 0.432. The summed E-state index contributed by atoms with van der Waals surface area (Å²) in [7, 11) is 2.07. The number of aromatic nitrogens is 4. The molecule has 134 valence electrons. The van der Waals surface area contributed by atoms with Gasteiger partial charge in [-0.3, -0.25) is 0 Å². The molecule has 0 bridgehead atoms. The van der Waals surface area contributed by atoms with Crippen LogP contribution < -0.4 is 9.80 Å². The highest BCUT2D eigenvalue weighted by molar-refractivity contribution is 9.10. The van der Waals surface area contributed by atoms with E-state index in [0.29, 0.717) is 6.04 Å². The number of hydrogen-bond acceptors (Lipinski definition) is 6. The Kier molecular flexibility index (Phi) is 4.72. The van der Waals surface area contributed by atoms with Gasteiger partial charge in [0.15, 0.2) is 5.82 Å². The first-order valence-corrected chi connectivity index (χ1v) is 9.60. The Morgan fingerprint density at radius 1 is 1.04 bits per heavy atom. The van der Waals surface area contributed by atoms with Gasteiger partial charge in [-0.1, -0.05) is 12.1 Å². The second-order valence-electron chi connectivity index (χ2n) is 6.65. The van der Waals surface area contributed by atoms with Gasteiger partial charge in [0.1, 0.15) is 0 Å². The van der Waals surface area contributed by atoms with Gasteiger partial charge in [-0.05, 0) is 47.8 Å². The van der Waals surface area contributed by atoms with E-state index in [9.17, 15) is 0 Å². The number of para-hydroxylation sites is 2. The molecule has 2 aromatic heterocycles. The molecule has 4 rings (SSSR count). The van der Waals surface area contributed by atoms with Crippen LogP contribution in [0.4, 0.5) is 11.8 Å². The van der Waals surface area contributed by atoms with E-state index in [0.717, 1.165) is 58.9 Å². The predicted octanol–water partition coefficient (Wildman–Crippen LogP) is 3.60. The third-order valence-corrected chi connectivity index (χ3v) is 5.36. The average molecular weight is 413 g/mol. The summed E-state index contributed by atoms with van der Waals surface area (Å²) in [5.41, 5.74) is 2.90. The summed E-state index contributed by atoms with van der Waals surface area (Å²) in [5.74, 6) is 1.78. The van der Waals surface area contributed by atoms with Gasteiger partial charge in [-0.15, -0.1) is 0 Å². The lowest BCUT2D eigenvalue weighted by Crippen LogP contribution is -2.44. The first-order chi connectivity index (χ1) is 12.6. The summed E-state index contributed by atoms with van der Waals surface area (Å²) in [6.45, 7) is 3.96. The van der Waals surface area contributed by atoms with E-state index >= 15 is 0 Å². The Labute approximate surface area is 161 Å². The monoisotopic (exact) mass is 412 g/mol. The molecule has 0 atom stereocenters. The topological polar surface area (TPSA) is 58.0 Å². The SMILES string of the molecule is Cc1nc2ccccc2nc1N1CCC(N(C)c2ncc(Br)cn2)CC1. The van der Waals surface area contributed by atoms with Crippen LogP contribution in [0.1, 0.15) is 18.5 Å². The zero-order chi connectivity index (χ0) is 18.1. The van der Waals surface area contributed by atoms with Crippen LogP contribution in [0.15, 0.2) is 41.1 Å². The number of hydrogen-bond donors (Lipinski definition) is 0. The molecule has 0 radical (unpaired) electrons. The Bertz CT molecular complexity index is 906. The van der Waals surface area contributed by atoms with Crippen molar-refractivity contribution in [2.75, 3.05) is 29.9 Å². The molecule has 1 fully saturated rings. The molecule has 6 nitrogen and oxygen atoms in total. The predicted molar refractivity (Wildman–Crippen MR) is 108 cm³/mol. The standard InChI is InChI=1S/C19H21BrN6/c1-13-18(24-17-6-4-3-5-16(17)23-13)26-9-7-15(8-10-26)25(2)19-21-11-14(20)12-22-19/h3-6,11-12,15H,7-10H2,1-2H3. The van der Waals surface area contributed by atoms with Gasteiger partial charge < -0.3 is 9.80 Å². The van der Waals surface area contributed by atoms with Crippen LogP contribution in [-0.4, -0.2) is 46.1 Å². The summed E-state index contributed by atoms with van der Waals surface area (Å²) in [6.07, 6.45) is 5.68. The highest BCUT2D eigenvalue weighted by Gasteiger charge is 2.25. The maximum Gasteiger partial charge on any atom is 0.225 e. The third kappa shape index (κ3) is 3.35. The van der Waals surface area contributed by atoms with Gasteiger partial charge in [-0.2, -0.15) is 0 Å². The Morgan fingerprint density at radius 3 is 2.31 bits per heavy atom. The number of benzene rings is 1. The highest BCUT2D eigenvalue weighted by atomic mass is 79.9. The van der Waals surface area contributed by atoms with E-state index in [1.165, 1.54) is 0 Å². The first kappa shape index (κ1) is 17.1. The van der Waals surface area contributed by atoms with Crippen LogP contribution in [-0.2, 0) is 0 Å². The molecule has 7 heteroatoms. The van der Waals surface area contributed by atoms with Gasteiger partial charge in [0.05, 0.1) is 21.2 Å². The molecular formula is C19H21BrN6. The average Bonchev–Trinajstić information content (AvgIpc) is 2.68. The highest BCUT2D eigenvalue weighted by Crippen LogP contribution is 2.26. The van der Waals surface area contributed by atoms with Gasteiger partial charge in [0.25, 0.3) is 0 Å². The van der Waals surface area contributed by atoms with Crippen LogP contribution in [0, 0.1) is 6.92 Å². The maximum absolute atomic E-state index is 4.86. The van der Waals surface area contributed by atoms with E-state index in [-0.39, 0.29) is 0 Å².